The molecule has 0 amide bonds. The van der Waals surface area contributed by atoms with Crippen molar-refractivity contribution in [1.29, 1.82) is 0 Å². The molecule has 0 spiro atoms. The molecule has 0 bridgehead atoms. The van der Waals surface area contributed by atoms with E-state index < -0.39 is 58.5 Å². The first-order valence-corrected chi connectivity index (χ1v) is 19.1. The summed E-state index contributed by atoms with van der Waals surface area (Å²) in [4.78, 5) is 23.5. The van der Waals surface area contributed by atoms with Crippen LogP contribution >= 0.6 is 0 Å². The lowest BCUT2D eigenvalue weighted by molar-refractivity contribution is -0.110. The number of fused-ring (bicyclic) bond motifs is 1. The van der Waals surface area contributed by atoms with E-state index in [1.807, 2.05) is 31.2 Å². The molecule has 0 unspecified atom stereocenters. The van der Waals surface area contributed by atoms with Crippen LogP contribution in [0, 0.1) is 13.8 Å². The maximum Gasteiger partial charge on any atom is 0.296 e. The second-order valence-electron chi connectivity index (χ2n) is 12.4. The van der Waals surface area contributed by atoms with Crippen LogP contribution < -0.4 is 27.1 Å². The number of carbonyl (C=O) groups excluding carboxylic acids is 2. The Morgan fingerprint density at radius 2 is 1.43 bits per heavy atom. The van der Waals surface area contributed by atoms with E-state index in [-0.39, 0.29) is 22.7 Å². The van der Waals surface area contributed by atoms with Crippen molar-refractivity contribution in [2.24, 2.45) is 26.2 Å². The Hall–Kier alpha value is -6.80. The molecule has 2 aliphatic carbocycles. The fourth-order valence-corrected chi connectivity index (χ4v) is 6.99. The quantitative estimate of drug-likeness (QED) is 0.0361. The average Bonchev–Trinajstić information content (AvgIpc) is 3.13. The Labute approximate surface area is 320 Å². The SMILES string of the molecule is COc1ccc(N/N=C2/C(=O)c3c(cc(S(=O)(=O)O)c(N=Nc4ccc(-c5ccc(N/N=C6\C=CC(=O)C=C6N)c(C)c5)cc4C)c3N)C=C2S(=O)(=O)O)cc1. The Morgan fingerprint density at radius 3 is 2.04 bits per heavy atom. The fraction of sp³-hybridized carbons (Fsp3) is 0.0811. The molecule has 0 radical (unpaired) electrons. The average molecular weight is 797 g/mol. The van der Waals surface area contributed by atoms with Gasteiger partial charge >= 0.3 is 0 Å². The lowest BCUT2D eigenvalue weighted by atomic mass is 9.92. The highest BCUT2D eigenvalue weighted by molar-refractivity contribution is 7.91. The second-order valence-corrected chi connectivity index (χ2v) is 15.1. The largest absolute Gasteiger partial charge is 0.497 e. The summed E-state index contributed by atoms with van der Waals surface area (Å²) in [6.07, 6.45) is 4.98. The van der Waals surface area contributed by atoms with Crippen LogP contribution in [0.3, 0.4) is 0 Å². The van der Waals surface area contributed by atoms with E-state index in [9.17, 15) is 35.5 Å². The number of anilines is 3. The summed E-state index contributed by atoms with van der Waals surface area (Å²) in [5.41, 5.74) is 20.2. The first-order valence-electron chi connectivity index (χ1n) is 16.3. The molecule has 0 heterocycles. The van der Waals surface area contributed by atoms with E-state index in [1.54, 1.807) is 31.2 Å². The third-order valence-corrected chi connectivity index (χ3v) is 10.3. The highest BCUT2D eigenvalue weighted by atomic mass is 32.2. The second kappa shape index (κ2) is 15.1. The van der Waals surface area contributed by atoms with E-state index in [1.165, 1.54) is 37.5 Å². The van der Waals surface area contributed by atoms with E-state index in [4.69, 9.17) is 16.2 Å². The summed E-state index contributed by atoms with van der Waals surface area (Å²) < 4.78 is 75.1. The van der Waals surface area contributed by atoms with Crippen molar-refractivity contribution in [1.82, 2.24) is 0 Å². The zero-order valence-corrected chi connectivity index (χ0v) is 31.3. The number of hydrogen-bond acceptors (Lipinski definition) is 15. The molecule has 0 atom stereocenters. The van der Waals surface area contributed by atoms with Crippen LogP contribution in [0.5, 0.6) is 5.75 Å². The van der Waals surface area contributed by atoms with Crippen LogP contribution in [-0.4, -0.2) is 56.0 Å². The third kappa shape index (κ3) is 8.15. The monoisotopic (exact) mass is 796 g/mol. The number of nitrogens with zero attached hydrogens (tertiary/aromatic N) is 4. The van der Waals surface area contributed by atoms with Gasteiger partial charge in [-0.1, -0.05) is 12.1 Å². The Bertz CT molecular complexity index is 2750. The van der Waals surface area contributed by atoms with Crippen LogP contribution in [0.1, 0.15) is 27.0 Å². The first kappa shape index (κ1) is 38.9. The van der Waals surface area contributed by atoms with Crippen LogP contribution in [-0.2, 0) is 25.0 Å². The maximum atomic E-state index is 13.8. The number of benzene rings is 4. The number of azo groups is 1. The molecule has 56 heavy (non-hydrogen) atoms. The minimum atomic E-state index is -5.10. The van der Waals surface area contributed by atoms with Gasteiger partial charge in [-0.3, -0.25) is 29.5 Å². The van der Waals surface area contributed by atoms with Crippen molar-refractivity contribution in [3.63, 3.8) is 0 Å². The van der Waals surface area contributed by atoms with E-state index in [2.05, 4.69) is 31.3 Å². The number of aryl methyl sites for hydroxylation is 2. The summed E-state index contributed by atoms with van der Waals surface area (Å²) in [6.45, 7) is 3.62. The van der Waals surface area contributed by atoms with E-state index in [0.717, 1.165) is 28.8 Å². The zero-order valence-electron chi connectivity index (χ0n) is 29.7. The minimum absolute atomic E-state index is 0.219. The summed E-state index contributed by atoms with van der Waals surface area (Å²) in [7, 11) is -8.72. The van der Waals surface area contributed by atoms with Crippen molar-refractivity contribution in [3.8, 4) is 16.9 Å². The summed E-state index contributed by atoms with van der Waals surface area (Å²) in [6, 6.07) is 17.8. The summed E-state index contributed by atoms with van der Waals surface area (Å²) in [5.74, 6) is -0.803. The topological polar surface area (TPSA) is 278 Å². The van der Waals surface area contributed by atoms with Gasteiger partial charge in [0.1, 0.15) is 26.9 Å². The van der Waals surface area contributed by atoms with Crippen LogP contribution in [0.25, 0.3) is 17.2 Å². The normalized spacial score (nSPS) is 15.9. The van der Waals surface area contributed by atoms with Gasteiger partial charge in [-0.15, -0.1) is 5.11 Å². The molecule has 4 aromatic rings. The molecule has 286 valence electrons. The van der Waals surface area contributed by atoms with Crippen LogP contribution in [0.2, 0.25) is 0 Å². The van der Waals surface area contributed by atoms with Crippen molar-refractivity contribution < 1.29 is 40.3 Å². The molecular weight excluding hydrogens is 765 g/mol. The van der Waals surface area contributed by atoms with Crippen LogP contribution in [0.15, 0.2) is 121 Å². The zero-order chi connectivity index (χ0) is 40.5. The smallest absolute Gasteiger partial charge is 0.296 e. The van der Waals surface area contributed by atoms with Gasteiger partial charge in [0.15, 0.2) is 11.5 Å². The van der Waals surface area contributed by atoms with Gasteiger partial charge in [0, 0.05) is 6.08 Å². The number of nitrogens with two attached hydrogens (primary N) is 2. The van der Waals surface area contributed by atoms with Gasteiger partial charge in [0.25, 0.3) is 20.2 Å². The molecule has 8 N–H and O–H groups in total. The highest BCUT2D eigenvalue weighted by Gasteiger charge is 2.37. The highest BCUT2D eigenvalue weighted by Crippen LogP contribution is 2.41. The number of methoxy groups -OCH3 is 1. The number of Topliss-reactive ketones (excluding diaryl/α,β-unsaturated/α-hetero) is 1. The predicted molar refractivity (Wildman–Crippen MR) is 212 cm³/mol. The molecule has 0 aromatic heterocycles. The van der Waals surface area contributed by atoms with Gasteiger partial charge < -0.3 is 16.2 Å². The van der Waals surface area contributed by atoms with Crippen molar-refractivity contribution in [2.45, 2.75) is 18.7 Å². The Morgan fingerprint density at radius 1 is 0.750 bits per heavy atom. The number of rotatable bonds is 10. The van der Waals surface area contributed by atoms with Gasteiger partial charge in [-0.05, 0) is 114 Å². The molecule has 4 aromatic carbocycles. The molecule has 6 rings (SSSR count). The summed E-state index contributed by atoms with van der Waals surface area (Å²) >= 11 is 0. The Balaban J connectivity index is 1.32. The number of hydrogen-bond donors (Lipinski definition) is 6. The Kier molecular flexibility index (Phi) is 10.5. The lowest BCUT2D eigenvalue weighted by Crippen LogP contribution is -2.28. The first-order chi connectivity index (χ1) is 26.4. The summed E-state index contributed by atoms with van der Waals surface area (Å²) in [5, 5.41) is 16.4. The van der Waals surface area contributed by atoms with Gasteiger partial charge in [0.05, 0.1) is 41.1 Å². The number of nitrogens with one attached hydrogen (secondary N) is 2. The van der Waals surface area contributed by atoms with E-state index in [0.29, 0.717) is 28.4 Å². The predicted octanol–water partition coefficient (Wildman–Crippen LogP) is 5.87. The molecule has 17 nitrogen and oxygen atoms in total. The molecule has 0 saturated heterocycles. The fourth-order valence-electron chi connectivity index (χ4n) is 5.66. The number of ketones is 2. The maximum absolute atomic E-state index is 13.8. The van der Waals surface area contributed by atoms with Gasteiger partial charge in [0.2, 0.25) is 5.78 Å². The minimum Gasteiger partial charge on any atom is -0.497 e. The molecule has 0 fully saturated rings. The number of allylic oxidation sites excluding steroid dienone is 4. The number of hydrazone groups is 2. The molecule has 0 saturated carbocycles. The third-order valence-electron chi connectivity index (χ3n) is 8.55. The number of nitrogen functional groups attached to an aromatic ring is 1. The van der Waals surface area contributed by atoms with Gasteiger partial charge in [-0.2, -0.15) is 32.2 Å². The lowest BCUT2D eigenvalue weighted by Gasteiger charge is -2.20. The standard InChI is InChI=1S/C37H32N8O9S2/c1-19-14-21(4-11-28(19)41-43-30-13-8-25(46)18-27(30)38)22-5-12-29(20(2)15-22)42-44-35-31(55(48,49)50)16-23-17-32(56(51,52)53)36(37(47)33(23)34(35)39)45-40-24-6-9-26(54-3)10-7-24/h4-18,40-41H,38-39H2,1-3H3,(H,48,49,50)(H,51,52,53)/b43-30+,44-42?,45-36+. The molecule has 2 aliphatic rings. The van der Waals surface area contributed by atoms with Crippen LogP contribution in [0.4, 0.5) is 28.4 Å². The molecule has 19 heteroatoms. The van der Waals surface area contributed by atoms with Gasteiger partial charge in [-0.25, -0.2) is 0 Å². The molecule has 0 aliphatic heterocycles. The van der Waals surface area contributed by atoms with Crippen molar-refractivity contribution in [2.75, 3.05) is 23.7 Å². The number of ether oxygens (including phenoxy) is 1. The molecular formula is C37H32N8O9S2. The number of carbonyl (C=O) groups is 2. The van der Waals surface area contributed by atoms with Crippen molar-refractivity contribution in [3.05, 3.63) is 118 Å². The van der Waals surface area contributed by atoms with E-state index >= 15 is 0 Å². The van der Waals surface area contributed by atoms with Crippen molar-refractivity contribution >= 4 is 77.7 Å².